The van der Waals surface area contributed by atoms with Crippen LogP contribution in [0.5, 0.6) is 0 Å². The predicted octanol–water partition coefficient (Wildman–Crippen LogP) is 1.57. The number of sulfonamides is 1. The first-order valence-corrected chi connectivity index (χ1v) is 8.60. The monoisotopic (exact) mass is 309 g/mol. The minimum atomic E-state index is -3.48. The molecule has 2 aromatic rings. The largest absolute Gasteiger partial charge is 0.326 e. The van der Waals surface area contributed by atoms with Crippen molar-refractivity contribution in [2.45, 2.75) is 29.6 Å². The number of nitrogens with one attached hydrogen (secondary N) is 1. The topological polar surface area (TPSA) is 85.1 Å². The summed E-state index contributed by atoms with van der Waals surface area (Å²) in [6.45, 7) is 0.505. The molecule has 1 unspecified atom stereocenters. The molecule has 1 aliphatic carbocycles. The van der Waals surface area contributed by atoms with Crippen molar-refractivity contribution in [3.05, 3.63) is 47.2 Å². The van der Waals surface area contributed by atoms with E-state index in [1.807, 2.05) is 12.1 Å². The van der Waals surface area contributed by atoms with Gasteiger partial charge < -0.3 is 5.73 Å². The van der Waals surface area contributed by atoms with Gasteiger partial charge in [-0.1, -0.05) is 18.2 Å². The zero-order valence-corrected chi connectivity index (χ0v) is 12.4. The molecule has 7 heteroatoms. The fraction of sp³-hybridized carbons (Fsp3) is 0.308. The molecular formula is C13H15N3O2S2. The summed E-state index contributed by atoms with van der Waals surface area (Å²) >= 11 is 0.984. The standard InChI is InChI=1S/C13H15N3O2S2/c14-8-9-1-3-11-10(7-9)2-4-12(11)16-20(17,18)13-5-6-15-19-13/h1,3,5-7,12,16H,2,4,8,14H2. The van der Waals surface area contributed by atoms with Gasteiger partial charge >= 0.3 is 0 Å². The normalized spacial score (nSPS) is 18.1. The molecule has 1 aliphatic rings. The van der Waals surface area contributed by atoms with Crippen LogP contribution in [-0.4, -0.2) is 12.8 Å². The van der Waals surface area contributed by atoms with E-state index >= 15 is 0 Å². The first-order chi connectivity index (χ1) is 9.60. The fourth-order valence-electron chi connectivity index (χ4n) is 2.51. The SMILES string of the molecule is NCc1ccc2c(c1)CCC2NS(=O)(=O)c1ccns1. The van der Waals surface area contributed by atoms with Crippen LogP contribution in [0.3, 0.4) is 0 Å². The lowest BCUT2D eigenvalue weighted by atomic mass is 10.1. The Bertz CT molecular complexity index is 711. The molecule has 0 spiro atoms. The Balaban J connectivity index is 1.86. The van der Waals surface area contributed by atoms with Crippen molar-refractivity contribution in [1.82, 2.24) is 9.10 Å². The van der Waals surface area contributed by atoms with Crippen LogP contribution >= 0.6 is 11.5 Å². The molecule has 0 aliphatic heterocycles. The van der Waals surface area contributed by atoms with Crippen LogP contribution in [-0.2, 0) is 23.0 Å². The summed E-state index contributed by atoms with van der Waals surface area (Å²) in [4.78, 5) is 0. The average molecular weight is 309 g/mol. The smallest absolute Gasteiger partial charge is 0.252 e. The second-order valence-corrected chi connectivity index (χ2v) is 7.56. The third kappa shape index (κ3) is 2.49. The van der Waals surface area contributed by atoms with E-state index in [9.17, 15) is 8.42 Å². The molecule has 1 atom stereocenters. The molecule has 0 amide bonds. The molecule has 0 fully saturated rings. The highest BCUT2D eigenvalue weighted by Gasteiger charge is 2.28. The van der Waals surface area contributed by atoms with Crippen LogP contribution in [0, 0.1) is 0 Å². The lowest BCUT2D eigenvalue weighted by Gasteiger charge is -2.13. The van der Waals surface area contributed by atoms with Crippen molar-refractivity contribution in [2.75, 3.05) is 0 Å². The van der Waals surface area contributed by atoms with Crippen molar-refractivity contribution in [3.8, 4) is 0 Å². The molecule has 106 valence electrons. The summed E-state index contributed by atoms with van der Waals surface area (Å²) in [5.41, 5.74) is 8.94. The zero-order chi connectivity index (χ0) is 14.2. The Morgan fingerprint density at radius 3 is 2.95 bits per heavy atom. The number of aromatic nitrogens is 1. The number of rotatable bonds is 4. The third-order valence-corrected chi connectivity index (χ3v) is 6.18. The fourth-order valence-corrected chi connectivity index (χ4v) is 4.50. The molecule has 0 radical (unpaired) electrons. The molecule has 3 N–H and O–H groups in total. The van der Waals surface area contributed by atoms with Gasteiger partial charge in [-0.05, 0) is 47.1 Å². The number of aryl methyl sites for hydroxylation is 1. The van der Waals surface area contributed by atoms with Crippen LogP contribution in [0.25, 0.3) is 0 Å². The minimum absolute atomic E-state index is 0.163. The van der Waals surface area contributed by atoms with E-state index in [1.165, 1.54) is 17.8 Å². The summed E-state index contributed by atoms with van der Waals surface area (Å²) in [5.74, 6) is 0. The van der Waals surface area contributed by atoms with Gasteiger partial charge in [0, 0.05) is 18.8 Å². The molecule has 3 rings (SSSR count). The van der Waals surface area contributed by atoms with Crippen molar-refractivity contribution in [3.63, 3.8) is 0 Å². The van der Waals surface area contributed by atoms with E-state index in [2.05, 4.69) is 15.2 Å². The Morgan fingerprint density at radius 1 is 1.40 bits per heavy atom. The van der Waals surface area contributed by atoms with Gasteiger partial charge in [-0.25, -0.2) is 13.1 Å². The summed E-state index contributed by atoms with van der Waals surface area (Å²) in [7, 11) is -3.48. The molecule has 1 heterocycles. The van der Waals surface area contributed by atoms with Crippen molar-refractivity contribution < 1.29 is 8.42 Å². The Labute approximate surface area is 122 Å². The molecule has 5 nitrogen and oxygen atoms in total. The zero-order valence-electron chi connectivity index (χ0n) is 10.7. The molecule has 1 aromatic carbocycles. The van der Waals surface area contributed by atoms with Crippen molar-refractivity contribution in [1.29, 1.82) is 0 Å². The predicted molar refractivity (Wildman–Crippen MR) is 77.8 cm³/mol. The van der Waals surface area contributed by atoms with E-state index in [-0.39, 0.29) is 10.3 Å². The molecule has 0 saturated carbocycles. The summed E-state index contributed by atoms with van der Waals surface area (Å²) in [6.07, 6.45) is 3.15. The van der Waals surface area contributed by atoms with E-state index in [0.29, 0.717) is 6.54 Å². The van der Waals surface area contributed by atoms with Crippen LogP contribution in [0.2, 0.25) is 0 Å². The summed E-state index contributed by atoms with van der Waals surface area (Å²) in [6, 6.07) is 7.35. The first-order valence-electron chi connectivity index (χ1n) is 6.35. The van der Waals surface area contributed by atoms with E-state index in [0.717, 1.165) is 35.5 Å². The molecule has 20 heavy (non-hydrogen) atoms. The van der Waals surface area contributed by atoms with Crippen molar-refractivity contribution >= 4 is 21.6 Å². The Hall–Kier alpha value is -1.28. The number of nitrogens with two attached hydrogens (primary N) is 1. The lowest BCUT2D eigenvalue weighted by Crippen LogP contribution is -2.26. The maximum absolute atomic E-state index is 12.2. The number of hydrogen-bond donors (Lipinski definition) is 2. The van der Waals surface area contributed by atoms with E-state index in [1.54, 1.807) is 0 Å². The minimum Gasteiger partial charge on any atom is -0.326 e. The number of benzene rings is 1. The maximum atomic E-state index is 12.2. The summed E-state index contributed by atoms with van der Waals surface area (Å²) < 4.78 is 31.3. The maximum Gasteiger partial charge on any atom is 0.252 e. The first kappa shape index (κ1) is 13.7. The van der Waals surface area contributed by atoms with Crippen LogP contribution in [0.15, 0.2) is 34.7 Å². The van der Waals surface area contributed by atoms with Crippen LogP contribution in [0.4, 0.5) is 0 Å². The highest BCUT2D eigenvalue weighted by Crippen LogP contribution is 2.33. The second kappa shape index (κ2) is 5.25. The molecule has 0 saturated heterocycles. The van der Waals surface area contributed by atoms with Gasteiger partial charge in [0.05, 0.1) is 0 Å². The molecule has 1 aromatic heterocycles. The van der Waals surface area contributed by atoms with Gasteiger partial charge in [-0.3, -0.25) is 0 Å². The second-order valence-electron chi connectivity index (χ2n) is 4.78. The molecular weight excluding hydrogens is 294 g/mol. The van der Waals surface area contributed by atoms with Crippen LogP contribution < -0.4 is 10.5 Å². The highest BCUT2D eigenvalue weighted by atomic mass is 32.2. The number of hydrogen-bond acceptors (Lipinski definition) is 5. The van der Waals surface area contributed by atoms with Crippen molar-refractivity contribution in [2.24, 2.45) is 5.73 Å². The van der Waals surface area contributed by atoms with Crippen LogP contribution in [0.1, 0.15) is 29.2 Å². The number of nitrogens with zero attached hydrogens (tertiary/aromatic N) is 1. The molecule has 0 bridgehead atoms. The quantitative estimate of drug-likeness (QED) is 0.897. The van der Waals surface area contributed by atoms with Gasteiger partial charge in [0.2, 0.25) is 0 Å². The summed E-state index contributed by atoms with van der Waals surface area (Å²) in [5, 5.41) is 0. The van der Waals surface area contributed by atoms with Gasteiger partial charge in [-0.15, -0.1) is 0 Å². The number of fused-ring (bicyclic) bond motifs is 1. The van der Waals surface area contributed by atoms with Gasteiger partial charge in [0.25, 0.3) is 10.0 Å². The van der Waals surface area contributed by atoms with Gasteiger partial charge in [0.1, 0.15) is 0 Å². The Kier molecular flexibility index (Phi) is 3.59. The highest BCUT2D eigenvalue weighted by molar-refractivity contribution is 7.91. The average Bonchev–Trinajstić information content (AvgIpc) is 3.08. The van der Waals surface area contributed by atoms with Gasteiger partial charge in [0.15, 0.2) is 4.21 Å². The third-order valence-electron chi connectivity index (χ3n) is 3.50. The van der Waals surface area contributed by atoms with E-state index in [4.69, 9.17) is 5.73 Å². The van der Waals surface area contributed by atoms with E-state index < -0.39 is 10.0 Å². The Morgan fingerprint density at radius 2 is 2.25 bits per heavy atom. The lowest BCUT2D eigenvalue weighted by molar-refractivity contribution is 0.556. The van der Waals surface area contributed by atoms with Gasteiger partial charge in [-0.2, -0.15) is 4.37 Å².